The lowest BCUT2D eigenvalue weighted by Gasteiger charge is -2.28. The predicted octanol–water partition coefficient (Wildman–Crippen LogP) is 2.93. The van der Waals surface area contributed by atoms with Crippen molar-refractivity contribution < 1.29 is 19.4 Å². The number of ether oxygens (including phenoxy) is 1. The zero-order valence-corrected chi connectivity index (χ0v) is 12.1. The second-order valence-corrected chi connectivity index (χ2v) is 6.19. The minimum absolute atomic E-state index is 0.326. The van der Waals surface area contributed by atoms with Crippen LogP contribution in [0, 0.1) is 5.92 Å². The van der Waals surface area contributed by atoms with Gasteiger partial charge in [0.1, 0.15) is 5.60 Å². The van der Waals surface area contributed by atoms with Gasteiger partial charge in [-0.2, -0.15) is 0 Å². The fourth-order valence-corrected chi connectivity index (χ4v) is 2.41. The van der Waals surface area contributed by atoms with Crippen molar-refractivity contribution in [3.05, 3.63) is 0 Å². The second-order valence-electron chi connectivity index (χ2n) is 6.19. The van der Waals surface area contributed by atoms with Crippen LogP contribution in [-0.4, -0.2) is 28.8 Å². The first-order valence-electron chi connectivity index (χ1n) is 7.02. The van der Waals surface area contributed by atoms with Crippen molar-refractivity contribution in [1.29, 1.82) is 0 Å². The Balaban J connectivity index is 2.63. The highest BCUT2D eigenvalue weighted by atomic mass is 16.6. The molecule has 1 aliphatic rings. The van der Waals surface area contributed by atoms with Gasteiger partial charge in [-0.15, -0.1) is 0 Å². The summed E-state index contributed by atoms with van der Waals surface area (Å²) >= 11 is 0. The predicted molar refractivity (Wildman–Crippen MR) is 72.0 cm³/mol. The summed E-state index contributed by atoms with van der Waals surface area (Å²) < 4.78 is 5.20. The fourth-order valence-electron chi connectivity index (χ4n) is 2.41. The maximum atomic E-state index is 11.8. The third-order valence-corrected chi connectivity index (χ3v) is 3.29. The van der Waals surface area contributed by atoms with Gasteiger partial charge in [0.25, 0.3) is 0 Å². The van der Waals surface area contributed by atoms with Crippen LogP contribution in [0.25, 0.3) is 0 Å². The summed E-state index contributed by atoms with van der Waals surface area (Å²) in [4.78, 5) is 23.1. The minimum Gasteiger partial charge on any atom is -0.481 e. The Bertz CT molecular complexity index is 322. The van der Waals surface area contributed by atoms with Crippen LogP contribution in [0.2, 0.25) is 0 Å². The molecule has 0 spiro atoms. The van der Waals surface area contributed by atoms with E-state index in [4.69, 9.17) is 4.74 Å². The highest BCUT2D eigenvalue weighted by Crippen LogP contribution is 2.23. The summed E-state index contributed by atoms with van der Waals surface area (Å²) in [6.45, 7) is 5.37. The number of nitrogens with one attached hydrogen (secondary N) is 1. The maximum absolute atomic E-state index is 11.8. The van der Waals surface area contributed by atoms with E-state index >= 15 is 0 Å². The van der Waals surface area contributed by atoms with Crippen LogP contribution in [0.5, 0.6) is 0 Å². The van der Waals surface area contributed by atoms with E-state index in [1.165, 1.54) is 0 Å². The topological polar surface area (TPSA) is 75.6 Å². The third kappa shape index (κ3) is 5.94. The molecule has 2 atom stereocenters. The van der Waals surface area contributed by atoms with Crippen molar-refractivity contribution in [3.63, 3.8) is 0 Å². The number of rotatable bonds is 2. The number of carbonyl (C=O) groups excluding carboxylic acids is 1. The first-order valence-corrected chi connectivity index (χ1v) is 7.02. The lowest BCUT2D eigenvalue weighted by atomic mass is 9.87. The lowest BCUT2D eigenvalue weighted by molar-refractivity contribution is -0.143. The molecule has 0 bridgehead atoms. The normalized spacial score (nSPS) is 25.0. The third-order valence-electron chi connectivity index (χ3n) is 3.29. The SMILES string of the molecule is CC(C)(C)OC(=O)N[C@@H]1CCCCCC[C@@H]1C(=O)O. The number of alkyl carbamates (subject to hydrolysis) is 1. The molecule has 0 radical (unpaired) electrons. The molecular weight excluding hydrogens is 246 g/mol. The maximum Gasteiger partial charge on any atom is 0.407 e. The summed E-state index contributed by atoms with van der Waals surface area (Å²) in [6, 6.07) is -0.326. The van der Waals surface area contributed by atoms with E-state index in [1.807, 2.05) is 0 Å². The Morgan fingerprint density at radius 3 is 2.21 bits per heavy atom. The quantitative estimate of drug-likeness (QED) is 0.809. The van der Waals surface area contributed by atoms with E-state index in [2.05, 4.69) is 5.32 Å². The van der Waals surface area contributed by atoms with Crippen LogP contribution in [-0.2, 0) is 9.53 Å². The Hall–Kier alpha value is -1.26. The molecule has 5 nitrogen and oxygen atoms in total. The standard InChI is InChI=1S/C14H25NO4/c1-14(2,3)19-13(18)15-11-9-7-5-4-6-8-10(11)12(16)17/h10-11H,4-9H2,1-3H3,(H,15,18)(H,16,17)/t10-,11+/m0/s1. The van der Waals surface area contributed by atoms with Crippen molar-refractivity contribution in [2.24, 2.45) is 5.92 Å². The number of carbonyl (C=O) groups is 2. The molecule has 1 saturated carbocycles. The van der Waals surface area contributed by atoms with Gasteiger partial charge < -0.3 is 15.2 Å². The fraction of sp³-hybridized carbons (Fsp3) is 0.857. The molecule has 1 amide bonds. The van der Waals surface area contributed by atoms with Gasteiger partial charge in [0.05, 0.1) is 5.92 Å². The lowest BCUT2D eigenvalue weighted by Crippen LogP contribution is -2.45. The molecule has 110 valence electrons. The van der Waals surface area contributed by atoms with Crippen LogP contribution in [0.3, 0.4) is 0 Å². The van der Waals surface area contributed by atoms with Crippen molar-refractivity contribution in [2.45, 2.75) is 70.9 Å². The van der Waals surface area contributed by atoms with Gasteiger partial charge in [-0.3, -0.25) is 4.79 Å². The van der Waals surface area contributed by atoms with Gasteiger partial charge in [-0.1, -0.05) is 25.7 Å². The first kappa shape index (κ1) is 15.8. The number of hydrogen-bond acceptors (Lipinski definition) is 3. The molecule has 0 aromatic rings. The highest BCUT2D eigenvalue weighted by molar-refractivity contribution is 5.73. The van der Waals surface area contributed by atoms with Gasteiger partial charge in [-0.05, 0) is 33.6 Å². The number of hydrogen-bond donors (Lipinski definition) is 2. The summed E-state index contributed by atoms with van der Waals surface area (Å²) in [6.07, 6.45) is 4.82. The molecule has 19 heavy (non-hydrogen) atoms. The van der Waals surface area contributed by atoms with Gasteiger partial charge in [0.15, 0.2) is 0 Å². The summed E-state index contributed by atoms with van der Waals surface area (Å²) in [5, 5.41) is 12.0. The van der Waals surface area contributed by atoms with Crippen molar-refractivity contribution in [2.75, 3.05) is 0 Å². The average molecular weight is 271 g/mol. The van der Waals surface area contributed by atoms with Crippen LogP contribution < -0.4 is 5.32 Å². The van der Waals surface area contributed by atoms with Crippen LogP contribution in [0.4, 0.5) is 4.79 Å². The monoisotopic (exact) mass is 271 g/mol. The Morgan fingerprint density at radius 1 is 1.11 bits per heavy atom. The van der Waals surface area contributed by atoms with E-state index in [9.17, 15) is 14.7 Å². The zero-order chi connectivity index (χ0) is 14.5. The molecule has 0 heterocycles. The summed E-state index contributed by atoms with van der Waals surface area (Å²) in [5.74, 6) is -1.34. The molecule has 5 heteroatoms. The van der Waals surface area contributed by atoms with E-state index in [-0.39, 0.29) is 6.04 Å². The largest absolute Gasteiger partial charge is 0.481 e. The minimum atomic E-state index is -0.831. The molecule has 1 fully saturated rings. The molecule has 0 aromatic carbocycles. The van der Waals surface area contributed by atoms with Crippen LogP contribution in [0.15, 0.2) is 0 Å². The van der Waals surface area contributed by atoms with Crippen LogP contribution >= 0.6 is 0 Å². The smallest absolute Gasteiger partial charge is 0.407 e. The van der Waals surface area contributed by atoms with Crippen molar-refractivity contribution >= 4 is 12.1 Å². The number of aliphatic carboxylic acids is 1. The van der Waals surface area contributed by atoms with Gasteiger partial charge >= 0.3 is 12.1 Å². The Kier molecular flexibility index (Phi) is 5.63. The van der Waals surface area contributed by atoms with E-state index < -0.39 is 23.6 Å². The molecular formula is C14H25NO4. The zero-order valence-electron chi connectivity index (χ0n) is 12.1. The summed E-state index contributed by atoms with van der Waals surface area (Å²) in [7, 11) is 0. The highest BCUT2D eigenvalue weighted by Gasteiger charge is 2.31. The molecule has 0 aliphatic heterocycles. The van der Waals surface area contributed by atoms with Gasteiger partial charge in [0, 0.05) is 6.04 Å². The molecule has 2 N–H and O–H groups in total. The Labute approximate surface area is 114 Å². The first-order chi connectivity index (χ1) is 8.79. The number of carboxylic acids is 1. The molecule has 1 rings (SSSR count). The average Bonchev–Trinajstić information content (AvgIpc) is 2.18. The van der Waals surface area contributed by atoms with Crippen molar-refractivity contribution in [1.82, 2.24) is 5.32 Å². The van der Waals surface area contributed by atoms with Crippen molar-refractivity contribution in [3.8, 4) is 0 Å². The van der Waals surface area contributed by atoms with Gasteiger partial charge in [0.2, 0.25) is 0 Å². The van der Waals surface area contributed by atoms with E-state index in [0.29, 0.717) is 12.8 Å². The van der Waals surface area contributed by atoms with Gasteiger partial charge in [-0.25, -0.2) is 4.79 Å². The molecule has 0 saturated heterocycles. The van der Waals surface area contributed by atoms with E-state index in [0.717, 1.165) is 25.7 Å². The van der Waals surface area contributed by atoms with E-state index in [1.54, 1.807) is 20.8 Å². The number of carboxylic acid groups (broad SMARTS) is 1. The van der Waals surface area contributed by atoms with Crippen LogP contribution in [0.1, 0.15) is 59.3 Å². The number of amides is 1. The molecule has 0 unspecified atom stereocenters. The molecule has 1 aliphatic carbocycles. The Morgan fingerprint density at radius 2 is 1.68 bits per heavy atom. The second kappa shape index (κ2) is 6.78. The molecule has 0 aromatic heterocycles. The summed E-state index contributed by atoms with van der Waals surface area (Å²) in [5.41, 5.74) is -0.565.